The quantitative estimate of drug-likeness (QED) is 0.493. The fourth-order valence-electron chi connectivity index (χ4n) is 3.53. The zero-order valence-electron chi connectivity index (χ0n) is 8.29. The second kappa shape index (κ2) is 3.70. The number of hydrogen-bond donors (Lipinski definition) is 0. The van der Waals surface area contributed by atoms with Crippen LogP contribution in [0.4, 0.5) is 0 Å². The first-order valence-electron chi connectivity index (χ1n) is 5.16. The Morgan fingerprint density at radius 2 is 1.41 bits per heavy atom. The Kier molecular flexibility index (Phi) is 2.99. The Labute approximate surface area is 134 Å². The van der Waals surface area contributed by atoms with Gasteiger partial charge in [-0.2, -0.15) is 0 Å². The summed E-state index contributed by atoms with van der Waals surface area (Å²) in [5.74, 6) is -0.178. The Hall–Kier alpha value is 1.77. The van der Waals surface area contributed by atoms with Crippen LogP contribution in [-0.2, 0) is 0 Å². The fraction of sp³-hybridized carbons (Fsp3) is 0.800. The van der Waals surface area contributed by atoms with Gasteiger partial charge in [0, 0.05) is 11.3 Å². The highest BCUT2D eigenvalue weighted by Gasteiger charge is 2.83. The van der Waals surface area contributed by atoms with Crippen molar-refractivity contribution in [2.24, 2.45) is 11.8 Å². The van der Waals surface area contributed by atoms with E-state index < -0.39 is 14.1 Å². The van der Waals surface area contributed by atoms with Gasteiger partial charge in [-0.25, -0.2) is 0 Å². The average Bonchev–Trinajstić information content (AvgIpc) is 2.73. The van der Waals surface area contributed by atoms with E-state index in [0.717, 1.165) is 12.8 Å². The molecule has 0 aromatic rings. The molecule has 0 N–H and O–H groups in total. The summed E-state index contributed by atoms with van der Waals surface area (Å²) in [5.41, 5.74) is 0. The summed E-state index contributed by atoms with van der Waals surface area (Å²) >= 11 is 44.8. The third-order valence-corrected chi connectivity index (χ3v) is 9.10. The maximum absolute atomic E-state index is 6.61. The summed E-state index contributed by atoms with van der Waals surface area (Å²) in [5, 5.41) is 0.385. The smallest absolute Gasteiger partial charge is 0.123 e. The van der Waals surface area contributed by atoms with Crippen molar-refractivity contribution >= 4 is 81.2 Å². The molecule has 0 amide bonds. The monoisotopic (exact) mass is 372 g/mol. The molecular formula is C10H7Cl7. The number of alkyl halides is 5. The van der Waals surface area contributed by atoms with Crippen LogP contribution in [0, 0.1) is 11.8 Å². The van der Waals surface area contributed by atoms with E-state index in [1.165, 1.54) is 0 Å². The van der Waals surface area contributed by atoms with Gasteiger partial charge >= 0.3 is 0 Å². The Morgan fingerprint density at radius 3 is 2.00 bits per heavy atom. The van der Waals surface area contributed by atoms with Crippen LogP contribution in [0.1, 0.15) is 12.8 Å². The first kappa shape index (κ1) is 13.7. The molecule has 3 aliphatic carbocycles. The lowest BCUT2D eigenvalue weighted by atomic mass is 9.84. The molecule has 0 spiro atoms. The van der Waals surface area contributed by atoms with Crippen molar-refractivity contribution in [3.8, 4) is 0 Å². The summed E-state index contributed by atoms with van der Waals surface area (Å²) in [6.45, 7) is 0. The van der Waals surface area contributed by atoms with Crippen molar-refractivity contribution < 1.29 is 0 Å². The van der Waals surface area contributed by atoms with Gasteiger partial charge < -0.3 is 0 Å². The van der Waals surface area contributed by atoms with Crippen LogP contribution in [0.5, 0.6) is 0 Å². The Morgan fingerprint density at radius 1 is 0.882 bits per heavy atom. The average molecular weight is 375 g/mol. The van der Waals surface area contributed by atoms with Crippen LogP contribution in [0.15, 0.2) is 10.1 Å². The number of halogens is 7. The maximum Gasteiger partial charge on any atom is 0.166 e. The Bertz CT molecular complexity index is 430. The second-order valence-electron chi connectivity index (χ2n) is 4.85. The second-order valence-corrected chi connectivity index (χ2v) is 8.69. The molecule has 0 aromatic heterocycles. The van der Waals surface area contributed by atoms with E-state index in [2.05, 4.69) is 0 Å². The molecule has 2 bridgehead atoms. The van der Waals surface area contributed by atoms with E-state index in [0.29, 0.717) is 0 Å². The van der Waals surface area contributed by atoms with Crippen LogP contribution in [0.2, 0.25) is 0 Å². The molecule has 96 valence electrons. The molecule has 2 fully saturated rings. The molecule has 7 heteroatoms. The molecule has 0 heterocycles. The van der Waals surface area contributed by atoms with E-state index >= 15 is 0 Å². The largest absolute Gasteiger partial charge is 0.166 e. The molecule has 0 aliphatic heterocycles. The molecule has 0 saturated heterocycles. The highest BCUT2D eigenvalue weighted by atomic mass is 35.5. The van der Waals surface area contributed by atoms with Gasteiger partial charge in [0.25, 0.3) is 0 Å². The summed E-state index contributed by atoms with van der Waals surface area (Å²) in [4.78, 5) is -2.30. The molecule has 0 radical (unpaired) electrons. The molecule has 0 aromatic carbocycles. The van der Waals surface area contributed by atoms with Gasteiger partial charge in [-0.15, -0.1) is 34.8 Å². The van der Waals surface area contributed by atoms with Gasteiger partial charge in [-0.05, 0) is 18.8 Å². The van der Waals surface area contributed by atoms with E-state index in [-0.39, 0.29) is 27.3 Å². The maximum atomic E-state index is 6.61. The minimum Gasteiger partial charge on any atom is -0.123 e. The van der Waals surface area contributed by atoms with Crippen molar-refractivity contribution in [2.75, 3.05) is 0 Å². The first-order chi connectivity index (χ1) is 7.70. The third kappa shape index (κ3) is 1.20. The molecule has 3 aliphatic rings. The minimum absolute atomic E-state index is 0.0332. The van der Waals surface area contributed by atoms with E-state index in [1.54, 1.807) is 0 Å². The molecule has 2 saturated carbocycles. The molecule has 5 unspecified atom stereocenters. The highest BCUT2D eigenvalue weighted by Crippen LogP contribution is 2.79. The van der Waals surface area contributed by atoms with E-state index in [4.69, 9.17) is 81.2 Å². The normalized spacial score (nSPS) is 55.6. The predicted molar refractivity (Wildman–Crippen MR) is 76.2 cm³/mol. The number of allylic oxidation sites excluding steroid dienone is 2. The van der Waals surface area contributed by atoms with Crippen molar-refractivity contribution in [2.45, 2.75) is 32.3 Å². The molecule has 3 rings (SSSR count). The topological polar surface area (TPSA) is 0 Å². The van der Waals surface area contributed by atoms with E-state index in [1.807, 2.05) is 0 Å². The van der Waals surface area contributed by atoms with Gasteiger partial charge in [-0.1, -0.05) is 46.4 Å². The van der Waals surface area contributed by atoms with Crippen molar-refractivity contribution in [3.05, 3.63) is 10.1 Å². The Balaban J connectivity index is 2.29. The zero-order valence-corrected chi connectivity index (χ0v) is 13.6. The van der Waals surface area contributed by atoms with Crippen LogP contribution in [-0.4, -0.2) is 19.5 Å². The minimum atomic E-state index is -1.43. The van der Waals surface area contributed by atoms with Gasteiger partial charge in [0.05, 0.1) is 10.1 Å². The van der Waals surface area contributed by atoms with Crippen LogP contribution >= 0.6 is 81.2 Å². The van der Waals surface area contributed by atoms with Gasteiger partial charge in [0.15, 0.2) is 4.33 Å². The fourth-order valence-corrected chi connectivity index (χ4v) is 7.22. The summed E-state index contributed by atoms with van der Waals surface area (Å²) < 4.78 is -1.43. The lowest BCUT2D eigenvalue weighted by molar-refractivity contribution is 0.385. The summed E-state index contributed by atoms with van der Waals surface area (Å²) in [6, 6.07) is 0. The number of fused-ring (bicyclic) bond motifs is 5. The molecule has 17 heavy (non-hydrogen) atoms. The lowest BCUT2D eigenvalue weighted by Crippen LogP contribution is -2.46. The van der Waals surface area contributed by atoms with Crippen LogP contribution < -0.4 is 0 Å². The molecule has 5 atom stereocenters. The van der Waals surface area contributed by atoms with Gasteiger partial charge in [-0.3, -0.25) is 0 Å². The van der Waals surface area contributed by atoms with Crippen molar-refractivity contribution in [1.82, 2.24) is 0 Å². The number of rotatable bonds is 0. The van der Waals surface area contributed by atoms with Crippen LogP contribution in [0.3, 0.4) is 0 Å². The third-order valence-electron chi connectivity index (χ3n) is 4.29. The lowest BCUT2D eigenvalue weighted by Gasteiger charge is -2.34. The molecular weight excluding hydrogens is 368 g/mol. The van der Waals surface area contributed by atoms with Crippen LogP contribution in [0.25, 0.3) is 0 Å². The van der Waals surface area contributed by atoms with Gasteiger partial charge in [0.1, 0.15) is 9.75 Å². The zero-order chi connectivity index (χ0) is 12.8. The van der Waals surface area contributed by atoms with Crippen molar-refractivity contribution in [3.63, 3.8) is 0 Å². The predicted octanol–water partition coefficient (Wildman–Crippen LogP) is 5.47. The molecule has 0 nitrogen and oxygen atoms in total. The highest BCUT2D eigenvalue weighted by molar-refractivity contribution is 6.65. The van der Waals surface area contributed by atoms with E-state index in [9.17, 15) is 0 Å². The van der Waals surface area contributed by atoms with Gasteiger partial charge in [0.2, 0.25) is 0 Å². The summed E-state index contributed by atoms with van der Waals surface area (Å²) in [6.07, 6.45) is 1.62. The summed E-state index contributed by atoms with van der Waals surface area (Å²) in [7, 11) is 0. The standard InChI is InChI=1S/C10H7Cl7/c11-4-2-1-3-5(4)9(15)7(13)6(12)8(3,14)10(9,16)17/h3-5H,1-2H2. The number of hydrogen-bond acceptors (Lipinski definition) is 0. The first-order valence-corrected chi connectivity index (χ1v) is 7.87. The SMILES string of the molecule is ClC1=C(Cl)C2(Cl)C3C(Cl)CCC3C1(Cl)C2(Cl)Cl. The van der Waals surface area contributed by atoms with Crippen molar-refractivity contribution in [1.29, 1.82) is 0 Å².